The highest BCUT2D eigenvalue weighted by molar-refractivity contribution is 5.85. The topological polar surface area (TPSA) is 78.7 Å². The molecule has 130 valence electrons. The lowest BCUT2D eigenvalue weighted by Gasteiger charge is -2.20. The zero-order valence-corrected chi connectivity index (χ0v) is 14.5. The summed E-state index contributed by atoms with van der Waals surface area (Å²) in [5, 5.41) is 8.74. The summed E-state index contributed by atoms with van der Waals surface area (Å²) in [4.78, 5) is 31.2. The third-order valence-corrected chi connectivity index (χ3v) is 4.18. The minimum atomic E-state index is -0.831. The maximum atomic E-state index is 12.3. The first-order chi connectivity index (χ1) is 10.5. The van der Waals surface area contributed by atoms with Crippen molar-refractivity contribution in [3.8, 4) is 0 Å². The van der Waals surface area contributed by atoms with Crippen LogP contribution in [0.15, 0.2) is 12.4 Å². The van der Waals surface area contributed by atoms with Crippen molar-refractivity contribution in [2.45, 2.75) is 38.3 Å². The lowest BCUT2D eigenvalue weighted by Crippen LogP contribution is -2.34. The molecule has 1 saturated heterocycles. The first kappa shape index (κ1) is 19.4. The molecule has 8 heteroatoms. The van der Waals surface area contributed by atoms with Gasteiger partial charge in [0, 0.05) is 50.9 Å². The number of likely N-dealkylation sites (N-methyl/N-ethyl adjacent to an activating group) is 1. The van der Waals surface area contributed by atoms with Crippen molar-refractivity contribution in [2.75, 3.05) is 27.2 Å². The van der Waals surface area contributed by atoms with E-state index >= 15 is 0 Å². The van der Waals surface area contributed by atoms with Crippen molar-refractivity contribution < 1.29 is 14.7 Å². The standard InChI is InChI=1S/C15H24N4O3.ClH/c1-17(2)12-5-8-19(11-12)14(20)4-3-13-16-7-10-18(13)9-6-15(21)22;/h7,10,12H,3-6,8-9,11H2,1-2H3,(H,21,22);1H. The van der Waals surface area contributed by atoms with E-state index in [0.717, 1.165) is 25.3 Å². The summed E-state index contributed by atoms with van der Waals surface area (Å²) in [6.07, 6.45) is 5.47. The minimum absolute atomic E-state index is 0. The number of hydrogen-bond acceptors (Lipinski definition) is 4. The van der Waals surface area contributed by atoms with Gasteiger partial charge in [0.1, 0.15) is 5.82 Å². The predicted molar refractivity (Wildman–Crippen MR) is 88.7 cm³/mol. The van der Waals surface area contributed by atoms with Crippen LogP contribution < -0.4 is 0 Å². The zero-order valence-electron chi connectivity index (χ0n) is 13.6. The van der Waals surface area contributed by atoms with E-state index < -0.39 is 5.97 Å². The quantitative estimate of drug-likeness (QED) is 0.794. The van der Waals surface area contributed by atoms with Crippen LogP contribution in [0.25, 0.3) is 0 Å². The number of carboxylic acids is 1. The van der Waals surface area contributed by atoms with E-state index in [4.69, 9.17) is 5.11 Å². The van der Waals surface area contributed by atoms with Gasteiger partial charge >= 0.3 is 5.97 Å². The number of amides is 1. The Balaban J connectivity index is 0.00000264. The van der Waals surface area contributed by atoms with Crippen LogP contribution in [-0.4, -0.2) is 69.6 Å². The second kappa shape index (κ2) is 8.88. The first-order valence-corrected chi connectivity index (χ1v) is 7.63. The van der Waals surface area contributed by atoms with Crippen LogP contribution in [-0.2, 0) is 22.6 Å². The summed E-state index contributed by atoms with van der Waals surface area (Å²) in [5.41, 5.74) is 0. The molecule has 1 aliphatic heterocycles. The fourth-order valence-corrected chi connectivity index (χ4v) is 2.75. The number of aromatic nitrogens is 2. The number of carbonyl (C=O) groups is 2. The molecule has 7 nitrogen and oxygen atoms in total. The van der Waals surface area contributed by atoms with Gasteiger partial charge in [-0.05, 0) is 20.5 Å². The maximum Gasteiger partial charge on any atom is 0.305 e. The maximum absolute atomic E-state index is 12.3. The predicted octanol–water partition coefficient (Wildman–Crippen LogP) is 0.875. The second-order valence-corrected chi connectivity index (χ2v) is 5.93. The zero-order chi connectivity index (χ0) is 16.1. The van der Waals surface area contributed by atoms with E-state index in [0.29, 0.717) is 25.4 Å². The van der Waals surface area contributed by atoms with E-state index in [9.17, 15) is 9.59 Å². The summed E-state index contributed by atoms with van der Waals surface area (Å²) < 4.78 is 1.81. The molecule has 0 spiro atoms. The Hall–Kier alpha value is -1.60. The average Bonchev–Trinajstić information content (AvgIpc) is 3.11. The smallest absolute Gasteiger partial charge is 0.305 e. The molecule has 1 aliphatic rings. The molecule has 1 aromatic rings. The van der Waals surface area contributed by atoms with Crippen LogP contribution in [0.5, 0.6) is 0 Å². The highest BCUT2D eigenvalue weighted by atomic mass is 35.5. The molecule has 0 radical (unpaired) electrons. The monoisotopic (exact) mass is 344 g/mol. The van der Waals surface area contributed by atoms with Gasteiger partial charge in [0.15, 0.2) is 0 Å². The molecule has 0 aromatic carbocycles. The molecule has 1 atom stereocenters. The number of nitrogens with zero attached hydrogens (tertiary/aromatic N) is 4. The fraction of sp³-hybridized carbons (Fsp3) is 0.667. The van der Waals surface area contributed by atoms with Gasteiger partial charge in [0.2, 0.25) is 5.91 Å². The summed E-state index contributed by atoms with van der Waals surface area (Å²) >= 11 is 0. The summed E-state index contributed by atoms with van der Waals surface area (Å²) in [7, 11) is 4.08. The number of halogens is 1. The molecule has 0 aliphatic carbocycles. The number of aliphatic carboxylic acids is 1. The first-order valence-electron chi connectivity index (χ1n) is 7.63. The third kappa shape index (κ3) is 5.51. The van der Waals surface area contributed by atoms with Crippen LogP contribution in [0.4, 0.5) is 0 Å². The van der Waals surface area contributed by atoms with Gasteiger partial charge in [-0.1, -0.05) is 0 Å². The summed E-state index contributed by atoms with van der Waals surface area (Å²) in [5.74, 6) is 0.0950. The van der Waals surface area contributed by atoms with Gasteiger partial charge in [-0.3, -0.25) is 9.59 Å². The van der Waals surface area contributed by atoms with Crippen LogP contribution in [0, 0.1) is 0 Å². The average molecular weight is 345 g/mol. The molecular weight excluding hydrogens is 320 g/mol. The fourth-order valence-electron chi connectivity index (χ4n) is 2.75. The van der Waals surface area contributed by atoms with E-state index in [-0.39, 0.29) is 24.7 Å². The number of imidazole rings is 1. The number of carboxylic acid groups (broad SMARTS) is 1. The Labute approximate surface area is 142 Å². The summed E-state index contributed by atoms with van der Waals surface area (Å²) in [6.45, 7) is 2.00. The molecule has 0 saturated carbocycles. The molecule has 1 amide bonds. The Morgan fingerprint density at radius 3 is 2.74 bits per heavy atom. The van der Waals surface area contributed by atoms with Crippen molar-refractivity contribution in [2.24, 2.45) is 0 Å². The van der Waals surface area contributed by atoms with Gasteiger partial charge < -0.3 is 19.5 Å². The van der Waals surface area contributed by atoms with Crippen LogP contribution in [0.2, 0.25) is 0 Å². The van der Waals surface area contributed by atoms with Crippen molar-refractivity contribution in [3.05, 3.63) is 18.2 Å². The molecule has 1 aromatic heterocycles. The highest BCUT2D eigenvalue weighted by Crippen LogP contribution is 2.15. The van der Waals surface area contributed by atoms with Gasteiger partial charge in [0.05, 0.1) is 6.42 Å². The Kier molecular flexibility index (Phi) is 7.51. The molecule has 0 bridgehead atoms. The summed E-state index contributed by atoms with van der Waals surface area (Å²) in [6, 6.07) is 0.446. The van der Waals surface area contributed by atoms with Crippen molar-refractivity contribution in [3.63, 3.8) is 0 Å². The van der Waals surface area contributed by atoms with Crippen LogP contribution >= 0.6 is 12.4 Å². The number of rotatable bonds is 7. The van der Waals surface area contributed by atoms with Gasteiger partial charge in [-0.25, -0.2) is 4.98 Å². The van der Waals surface area contributed by atoms with Crippen molar-refractivity contribution >= 4 is 24.3 Å². The largest absolute Gasteiger partial charge is 0.481 e. The normalized spacial score (nSPS) is 17.3. The molecule has 23 heavy (non-hydrogen) atoms. The van der Waals surface area contributed by atoms with Crippen LogP contribution in [0.3, 0.4) is 0 Å². The molecule has 1 fully saturated rings. The molecule has 1 N–H and O–H groups in total. The van der Waals surface area contributed by atoms with E-state index in [1.807, 2.05) is 23.6 Å². The van der Waals surface area contributed by atoms with E-state index in [2.05, 4.69) is 9.88 Å². The van der Waals surface area contributed by atoms with Gasteiger partial charge in [0.25, 0.3) is 0 Å². The molecule has 1 unspecified atom stereocenters. The van der Waals surface area contributed by atoms with Crippen molar-refractivity contribution in [1.82, 2.24) is 19.4 Å². The third-order valence-electron chi connectivity index (χ3n) is 4.18. The van der Waals surface area contributed by atoms with Crippen molar-refractivity contribution in [1.29, 1.82) is 0 Å². The Morgan fingerprint density at radius 1 is 1.39 bits per heavy atom. The number of carbonyl (C=O) groups excluding carboxylic acids is 1. The molecular formula is C15H25ClN4O3. The highest BCUT2D eigenvalue weighted by Gasteiger charge is 2.27. The van der Waals surface area contributed by atoms with Crippen LogP contribution in [0.1, 0.15) is 25.1 Å². The number of hydrogen-bond donors (Lipinski definition) is 1. The molecule has 2 rings (SSSR count). The minimum Gasteiger partial charge on any atom is -0.481 e. The van der Waals surface area contributed by atoms with E-state index in [1.54, 1.807) is 12.4 Å². The number of aryl methyl sites for hydroxylation is 2. The SMILES string of the molecule is CN(C)C1CCN(C(=O)CCc2nccn2CCC(=O)O)C1.Cl. The van der Waals surface area contributed by atoms with E-state index in [1.165, 1.54) is 0 Å². The molecule has 2 heterocycles. The number of likely N-dealkylation sites (tertiary alicyclic amines) is 1. The van der Waals surface area contributed by atoms with Gasteiger partial charge in [-0.2, -0.15) is 0 Å². The Bertz CT molecular complexity index is 533. The Morgan fingerprint density at radius 2 is 2.13 bits per heavy atom. The second-order valence-electron chi connectivity index (χ2n) is 5.93. The lowest BCUT2D eigenvalue weighted by molar-refractivity contribution is -0.137. The lowest BCUT2D eigenvalue weighted by atomic mass is 10.2. The van der Waals surface area contributed by atoms with Gasteiger partial charge in [-0.15, -0.1) is 12.4 Å².